The average molecular weight is 528 g/mol. The smallest absolute Gasteiger partial charge is 0.244 e. The molecular weight excluding hydrogens is 501 g/mol. The lowest BCUT2D eigenvalue weighted by Crippen LogP contribution is -2.51. The molecule has 8 nitrogen and oxygen atoms in total. The zero-order valence-electron chi connectivity index (χ0n) is 19.3. The lowest BCUT2D eigenvalue weighted by atomic mass is 10.1. The number of Topliss-reactive ketones (excluding diaryl/α,β-unsaturated/α-hetero) is 1. The zero-order valence-corrected chi connectivity index (χ0v) is 21.7. The molecule has 0 fully saturated rings. The predicted molar refractivity (Wildman–Crippen MR) is 134 cm³/mol. The van der Waals surface area contributed by atoms with Gasteiger partial charge >= 0.3 is 0 Å². The topological polar surface area (TPSA) is 104 Å². The average Bonchev–Trinajstić information content (AvgIpc) is 2.77. The van der Waals surface area contributed by atoms with Crippen molar-refractivity contribution in [1.82, 2.24) is 10.2 Å². The number of likely N-dealkylation sites (N-methyl/N-ethyl adjacent to an activating group) is 1. The summed E-state index contributed by atoms with van der Waals surface area (Å²) in [6, 6.07) is 9.94. The zero-order chi connectivity index (χ0) is 25.6. The van der Waals surface area contributed by atoms with Gasteiger partial charge in [0.15, 0.2) is 5.78 Å². The predicted octanol–water partition coefficient (Wildman–Crippen LogP) is 3.52. The van der Waals surface area contributed by atoms with Gasteiger partial charge in [0.2, 0.25) is 21.8 Å². The number of amides is 2. The van der Waals surface area contributed by atoms with E-state index in [0.29, 0.717) is 22.7 Å². The molecule has 184 valence electrons. The number of hydrogen-bond acceptors (Lipinski definition) is 5. The van der Waals surface area contributed by atoms with Crippen LogP contribution in [0.2, 0.25) is 10.0 Å². The van der Waals surface area contributed by atoms with Crippen LogP contribution in [0.15, 0.2) is 42.5 Å². The van der Waals surface area contributed by atoms with Gasteiger partial charge in [0, 0.05) is 18.7 Å². The van der Waals surface area contributed by atoms with Crippen molar-refractivity contribution in [2.75, 3.05) is 23.7 Å². The number of rotatable bonds is 10. The van der Waals surface area contributed by atoms with Gasteiger partial charge in [0.25, 0.3) is 0 Å². The summed E-state index contributed by atoms with van der Waals surface area (Å²) in [6.07, 6.45) is 0.969. The number of ketones is 1. The first-order chi connectivity index (χ1) is 15.8. The summed E-state index contributed by atoms with van der Waals surface area (Å²) in [4.78, 5) is 39.0. The number of nitrogens with one attached hydrogen (secondary N) is 1. The molecule has 0 heterocycles. The molecule has 11 heteroatoms. The summed E-state index contributed by atoms with van der Waals surface area (Å²) in [5.41, 5.74) is 1.09. The summed E-state index contributed by atoms with van der Waals surface area (Å²) < 4.78 is 26.1. The minimum atomic E-state index is -3.89. The molecule has 0 saturated heterocycles. The van der Waals surface area contributed by atoms with Gasteiger partial charge in [-0.25, -0.2) is 8.42 Å². The van der Waals surface area contributed by atoms with Crippen LogP contribution in [0.3, 0.4) is 0 Å². The molecule has 2 aromatic rings. The normalized spacial score (nSPS) is 12.1. The molecule has 0 unspecified atom stereocenters. The summed E-state index contributed by atoms with van der Waals surface area (Å²) in [7, 11) is -3.89. The fourth-order valence-corrected chi connectivity index (χ4v) is 4.40. The van der Waals surface area contributed by atoms with Crippen LogP contribution in [-0.2, 0) is 26.2 Å². The summed E-state index contributed by atoms with van der Waals surface area (Å²) >= 11 is 12.1. The molecule has 0 saturated carbocycles. The molecule has 0 aliphatic rings. The maximum atomic E-state index is 13.4. The highest BCUT2D eigenvalue weighted by molar-refractivity contribution is 7.92. The van der Waals surface area contributed by atoms with Gasteiger partial charge < -0.3 is 10.2 Å². The molecule has 0 aromatic heterocycles. The first kappa shape index (κ1) is 27.6. The van der Waals surface area contributed by atoms with Gasteiger partial charge in [0.05, 0.1) is 22.0 Å². The lowest BCUT2D eigenvalue weighted by molar-refractivity contribution is -0.139. The van der Waals surface area contributed by atoms with E-state index in [1.807, 2.05) is 0 Å². The quantitative estimate of drug-likeness (QED) is 0.476. The Morgan fingerprint density at radius 2 is 1.74 bits per heavy atom. The Labute approximate surface area is 209 Å². The number of sulfonamides is 1. The highest BCUT2D eigenvalue weighted by atomic mass is 35.5. The van der Waals surface area contributed by atoms with Crippen LogP contribution in [0.1, 0.15) is 36.7 Å². The van der Waals surface area contributed by atoms with Crippen molar-refractivity contribution < 1.29 is 22.8 Å². The van der Waals surface area contributed by atoms with Gasteiger partial charge in [-0.3, -0.25) is 18.7 Å². The van der Waals surface area contributed by atoms with E-state index >= 15 is 0 Å². The van der Waals surface area contributed by atoms with E-state index in [2.05, 4.69) is 5.32 Å². The molecule has 0 bridgehead atoms. The van der Waals surface area contributed by atoms with Crippen LogP contribution in [-0.4, -0.2) is 56.3 Å². The maximum Gasteiger partial charge on any atom is 0.244 e. The van der Waals surface area contributed by atoms with Crippen molar-refractivity contribution in [3.05, 3.63) is 63.6 Å². The van der Waals surface area contributed by atoms with E-state index in [9.17, 15) is 22.8 Å². The highest BCUT2D eigenvalue weighted by Gasteiger charge is 2.30. The molecule has 0 aliphatic carbocycles. The Kier molecular flexibility index (Phi) is 9.49. The largest absolute Gasteiger partial charge is 0.355 e. The number of hydrogen-bond donors (Lipinski definition) is 1. The SMILES string of the molecule is CCNC(=O)[C@H](C)N(Cc1ccc(Cl)c(Cl)c1)C(=O)CN(c1cccc(C(C)=O)c1)S(C)(=O)=O. The second-order valence-corrected chi connectivity index (χ2v) is 10.4. The molecule has 2 rings (SSSR count). The maximum absolute atomic E-state index is 13.4. The molecule has 0 spiro atoms. The third-order valence-electron chi connectivity index (χ3n) is 5.08. The Morgan fingerprint density at radius 1 is 1.06 bits per heavy atom. The monoisotopic (exact) mass is 527 g/mol. The lowest BCUT2D eigenvalue weighted by Gasteiger charge is -2.31. The molecule has 2 amide bonds. The Bertz CT molecular complexity index is 1190. The molecule has 0 aliphatic heterocycles. The van der Waals surface area contributed by atoms with Crippen LogP contribution < -0.4 is 9.62 Å². The number of nitrogens with zero attached hydrogens (tertiary/aromatic N) is 2. The van der Waals surface area contributed by atoms with Crippen molar-refractivity contribution in [2.24, 2.45) is 0 Å². The molecule has 0 radical (unpaired) electrons. The first-order valence-corrected chi connectivity index (χ1v) is 13.0. The molecule has 1 atom stereocenters. The van der Waals surface area contributed by atoms with Crippen molar-refractivity contribution in [2.45, 2.75) is 33.4 Å². The van der Waals surface area contributed by atoms with E-state index in [4.69, 9.17) is 23.2 Å². The second kappa shape index (κ2) is 11.7. The number of benzene rings is 2. The van der Waals surface area contributed by atoms with Gasteiger partial charge in [-0.05, 0) is 50.6 Å². The number of halogens is 2. The third-order valence-corrected chi connectivity index (χ3v) is 6.95. The van der Waals surface area contributed by atoms with Gasteiger partial charge in [-0.2, -0.15) is 0 Å². The minimum Gasteiger partial charge on any atom is -0.355 e. The van der Waals surface area contributed by atoms with E-state index < -0.39 is 28.5 Å². The Morgan fingerprint density at radius 3 is 2.29 bits per heavy atom. The van der Waals surface area contributed by atoms with Crippen LogP contribution in [0.4, 0.5) is 5.69 Å². The van der Waals surface area contributed by atoms with Crippen molar-refractivity contribution in [3.63, 3.8) is 0 Å². The van der Waals surface area contributed by atoms with Crippen LogP contribution in [0, 0.1) is 0 Å². The Balaban J connectivity index is 2.44. The number of carbonyl (C=O) groups excluding carboxylic acids is 3. The van der Waals surface area contributed by atoms with E-state index in [0.717, 1.165) is 10.6 Å². The van der Waals surface area contributed by atoms with Gasteiger partial charge in [-0.15, -0.1) is 0 Å². The molecule has 34 heavy (non-hydrogen) atoms. The molecule has 2 aromatic carbocycles. The minimum absolute atomic E-state index is 0.000882. The second-order valence-electron chi connectivity index (χ2n) is 7.72. The standard InChI is InChI=1S/C23H27Cl2N3O5S/c1-5-26-23(31)15(2)27(13-17-9-10-20(24)21(25)11-17)22(30)14-28(34(4,32)33)19-8-6-7-18(12-19)16(3)29/h6-12,15H,5,13-14H2,1-4H3,(H,26,31)/t15-/m0/s1. The first-order valence-electron chi connectivity index (χ1n) is 10.4. The highest BCUT2D eigenvalue weighted by Crippen LogP contribution is 2.25. The van der Waals surface area contributed by atoms with Crippen LogP contribution in [0.5, 0.6) is 0 Å². The van der Waals surface area contributed by atoms with Gasteiger partial charge in [0.1, 0.15) is 12.6 Å². The fourth-order valence-electron chi connectivity index (χ4n) is 3.23. The van der Waals surface area contributed by atoms with Crippen molar-refractivity contribution in [3.8, 4) is 0 Å². The van der Waals surface area contributed by atoms with Gasteiger partial charge in [-0.1, -0.05) is 41.4 Å². The van der Waals surface area contributed by atoms with E-state index in [1.165, 1.54) is 24.0 Å². The van der Waals surface area contributed by atoms with E-state index in [1.54, 1.807) is 44.2 Å². The van der Waals surface area contributed by atoms with Crippen LogP contribution in [0.25, 0.3) is 0 Å². The van der Waals surface area contributed by atoms with Crippen molar-refractivity contribution >= 4 is 56.5 Å². The number of carbonyl (C=O) groups is 3. The van der Waals surface area contributed by atoms with Crippen molar-refractivity contribution in [1.29, 1.82) is 0 Å². The third kappa shape index (κ3) is 7.19. The summed E-state index contributed by atoms with van der Waals surface area (Å²) in [5.74, 6) is -1.24. The summed E-state index contributed by atoms with van der Waals surface area (Å²) in [5, 5.41) is 3.30. The molecule has 1 N–H and O–H groups in total. The molecular formula is C23H27Cl2N3O5S. The fraction of sp³-hybridized carbons (Fsp3) is 0.348. The Hall–Kier alpha value is -2.62. The van der Waals surface area contributed by atoms with E-state index in [-0.39, 0.29) is 28.9 Å². The number of anilines is 1. The van der Waals surface area contributed by atoms with Crippen LogP contribution >= 0.6 is 23.2 Å². The summed E-state index contributed by atoms with van der Waals surface area (Å²) in [6.45, 7) is 4.47.